The summed E-state index contributed by atoms with van der Waals surface area (Å²) in [6, 6.07) is 18.8. The number of hydrogen-bond acceptors (Lipinski definition) is 5. The first kappa shape index (κ1) is 31.7. The first-order valence-corrected chi connectivity index (χ1v) is 16.7. The Bertz CT molecular complexity index is 1520. The molecule has 0 aromatic heterocycles. The third-order valence-electron chi connectivity index (χ3n) is 8.06. The lowest BCUT2D eigenvalue weighted by molar-refractivity contribution is -0.116. The van der Waals surface area contributed by atoms with E-state index >= 15 is 0 Å². The maximum atomic E-state index is 13.5. The smallest absolute Gasteiger partial charge is 0.317 e. The highest BCUT2D eigenvalue weighted by Crippen LogP contribution is 2.23. The van der Waals surface area contributed by atoms with Crippen LogP contribution in [0.1, 0.15) is 37.7 Å². The fourth-order valence-corrected chi connectivity index (χ4v) is 7.08. The van der Waals surface area contributed by atoms with Gasteiger partial charge in [-0.1, -0.05) is 43.0 Å². The summed E-state index contributed by atoms with van der Waals surface area (Å²) < 4.78 is 41.5. The van der Waals surface area contributed by atoms with E-state index < -0.39 is 28.3 Å². The second kappa shape index (κ2) is 14.4. The lowest BCUT2D eigenvalue weighted by Gasteiger charge is -2.37. The first-order chi connectivity index (χ1) is 21.2. The lowest BCUT2D eigenvalue weighted by atomic mass is 9.96. The Morgan fingerprint density at radius 3 is 2.14 bits per heavy atom. The molecule has 0 radical (unpaired) electrons. The number of rotatable bonds is 9. The molecule has 234 valence electrons. The number of urea groups is 1. The highest BCUT2D eigenvalue weighted by molar-refractivity contribution is 7.89. The van der Waals surface area contributed by atoms with Gasteiger partial charge in [-0.05, 0) is 79.1 Å². The van der Waals surface area contributed by atoms with Crippen molar-refractivity contribution >= 4 is 44.9 Å². The molecule has 1 aliphatic heterocycles. The van der Waals surface area contributed by atoms with Gasteiger partial charge in [0, 0.05) is 55.2 Å². The third-order valence-corrected chi connectivity index (χ3v) is 10.1. The molecule has 2 fully saturated rings. The molecule has 44 heavy (non-hydrogen) atoms. The van der Waals surface area contributed by atoms with E-state index in [0.717, 1.165) is 22.8 Å². The summed E-state index contributed by atoms with van der Waals surface area (Å²) in [5.74, 6) is -0.959. The van der Waals surface area contributed by atoms with Crippen LogP contribution in [-0.4, -0.2) is 68.3 Å². The molecule has 2 aliphatic rings. The monoisotopic (exact) mass is 641 g/mol. The van der Waals surface area contributed by atoms with E-state index in [1.165, 1.54) is 67.8 Å². The Hall–Kier alpha value is -3.67. The van der Waals surface area contributed by atoms with Crippen LogP contribution in [0.5, 0.6) is 0 Å². The molecule has 0 atom stereocenters. The number of nitrogens with zero attached hydrogens (tertiary/aromatic N) is 3. The van der Waals surface area contributed by atoms with E-state index in [0.29, 0.717) is 42.5 Å². The average molecular weight is 642 g/mol. The molecule has 9 nitrogen and oxygen atoms in total. The Balaban J connectivity index is 1.18. The van der Waals surface area contributed by atoms with Gasteiger partial charge in [-0.25, -0.2) is 17.6 Å². The Labute approximate surface area is 263 Å². The summed E-state index contributed by atoms with van der Waals surface area (Å²) >= 11 is 5.94. The summed E-state index contributed by atoms with van der Waals surface area (Å²) in [6.07, 6.45) is 5.70. The van der Waals surface area contributed by atoms with Crippen LogP contribution in [0.3, 0.4) is 0 Å². The van der Waals surface area contributed by atoms with Gasteiger partial charge in [-0.15, -0.1) is 0 Å². The van der Waals surface area contributed by atoms with Crippen LogP contribution in [0.2, 0.25) is 5.02 Å². The number of amides is 3. The lowest BCUT2D eigenvalue weighted by Crippen LogP contribution is -2.53. The number of carbonyl (C=O) groups is 2. The maximum Gasteiger partial charge on any atom is 0.317 e. The minimum absolute atomic E-state index is 0.00673. The maximum absolute atomic E-state index is 13.5. The van der Waals surface area contributed by atoms with Crippen LogP contribution < -0.4 is 15.5 Å². The molecule has 0 bridgehead atoms. The Kier molecular flexibility index (Phi) is 10.4. The van der Waals surface area contributed by atoms with E-state index in [1.54, 1.807) is 12.1 Å². The van der Waals surface area contributed by atoms with Crippen LogP contribution in [-0.2, 0) is 21.4 Å². The number of nitrogens with one attached hydrogen (secondary N) is 2. The fraction of sp³-hybridized carbons (Fsp3) is 0.375. The van der Waals surface area contributed by atoms with E-state index in [4.69, 9.17) is 11.6 Å². The molecule has 1 saturated heterocycles. The van der Waals surface area contributed by atoms with Crippen molar-refractivity contribution in [3.8, 4) is 0 Å². The fourth-order valence-electron chi connectivity index (χ4n) is 5.57. The quantitative estimate of drug-likeness (QED) is 0.323. The molecule has 3 aromatic rings. The number of piperazine rings is 1. The number of halogens is 2. The van der Waals surface area contributed by atoms with Crippen LogP contribution in [0.4, 0.5) is 20.6 Å². The van der Waals surface area contributed by atoms with Crippen molar-refractivity contribution in [2.24, 2.45) is 0 Å². The molecule has 3 aromatic carbocycles. The van der Waals surface area contributed by atoms with Gasteiger partial charge in [0.25, 0.3) is 0 Å². The van der Waals surface area contributed by atoms with Crippen molar-refractivity contribution in [1.82, 2.24) is 14.5 Å². The second-order valence-corrected chi connectivity index (χ2v) is 13.6. The largest absolute Gasteiger partial charge is 0.368 e. The predicted octanol–water partition coefficient (Wildman–Crippen LogP) is 5.47. The topological polar surface area (TPSA) is 102 Å². The number of anilines is 2. The van der Waals surface area contributed by atoms with E-state index in [1.807, 2.05) is 17.0 Å². The Morgan fingerprint density at radius 2 is 1.50 bits per heavy atom. The van der Waals surface area contributed by atoms with Crippen LogP contribution in [0, 0.1) is 5.82 Å². The molecule has 5 rings (SSSR count). The van der Waals surface area contributed by atoms with E-state index in [-0.39, 0.29) is 23.5 Å². The molecule has 2 N–H and O–H groups in total. The van der Waals surface area contributed by atoms with Crippen molar-refractivity contribution in [2.75, 3.05) is 42.9 Å². The summed E-state index contributed by atoms with van der Waals surface area (Å²) in [5.41, 5.74) is 2.03. The molecule has 12 heteroatoms. The molecular weight excluding hydrogens is 605 g/mol. The molecule has 1 aliphatic carbocycles. The summed E-state index contributed by atoms with van der Waals surface area (Å²) in [6.45, 7) is 2.08. The number of sulfonamides is 1. The standard InChI is InChI=1S/C32H37ClFN5O4S/c33-25-8-16-30(17-9-25)44(42,43)39(22-24-6-10-26(34)11-7-24)23-31(40)35-28-12-14-29(15-13-28)37-18-20-38(21-19-37)32(41)36-27-4-2-1-3-5-27/h6-17,27H,1-5,18-23H2,(H,35,40)(H,36,41). The van der Waals surface area contributed by atoms with Gasteiger partial charge < -0.3 is 20.4 Å². The van der Waals surface area contributed by atoms with Crippen molar-refractivity contribution < 1.29 is 22.4 Å². The van der Waals surface area contributed by atoms with Gasteiger partial charge in [0.2, 0.25) is 15.9 Å². The van der Waals surface area contributed by atoms with Crippen molar-refractivity contribution in [3.05, 3.63) is 89.2 Å². The zero-order valence-electron chi connectivity index (χ0n) is 24.4. The summed E-state index contributed by atoms with van der Waals surface area (Å²) in [4.78, 5) is 29.8. The van der Waals surface area contributed by atoms with E-state index in [9.17, 15) is 22.4 Å². The zero-order valence-corrected chi connectivity index (χ0v) is 26.0. The van der Waals surface area contributed by atoms with Crippen LogP contribution in [0.25, 0.3) is 0 Å². The second-order valence-electron chi connectivity index (χ2n) is 11.2. The first-order valence-electron chi connectivity index (χ1n) is 14.9. The van der Waals surface area contributed by atoms with Crippen LogP contribution >= 0.6 is 11.6 Å². The molecule has 1 heterocycles. The summed E-state index contributed by atoms with van der Waals surface area (Å²) in [7, 11) is -4.07. The highest BCUT2D eigenvalue weighted by Gasteiger charge is 2.28. The zero-order chi connectivity index (χ0) is 31.1. The molecule has 0 spiro atoms. The van der Waals surface area contributed by atoms with Gasteiger partial charge >= 0.3 is 6.03 Å². The molecule has 3 amide bonds. The normalized spacial score (nSPS) is 16.2. The van der Waals surface area contributed by atoms with Gasteiger partial charge in [0.05, 0.1) is 11.4 Å². The highest BCUT2D eigenvalue weighted by atomic mass is 35.5. The van der Waals surface area contributed by atoms with Gasteiger partial charge in [0.15, 0.2) is 0 Å². The van der Waals surface area contributed by atoms with Gasteiger partial charge in [0.1, 0.15) is 5.82 Å². The summed E-state index contributed by atoms with van der Waals surface area (Å²) in [5, 5.41) is 6.36. The number of carbonyl (C=O) groups excluding carboxylic acids is 2. The Morgan fingerprint density at radius 1 is 0.864 bits per heavy atom. The van der Waals surface area contributed by atoms with Crippen molar-refractivity contribution in [1.29, 1.82) is 0 Å². The van der Waals surface area contributed by atoms with Crippen molar-refractivity contribution in [3.63, 3.8) is 0 Å². The van der Waals surface area contributed by atoms with Gasteiger partial charge in [-0.2, -0.15) is 4.31 Å². The van der Waals surface area contributed by atoms with Crippen molar-refractivity contribution in [2.45, 2.75) is 49.6 Å². The molecule has 1 saturated carbocycles. The predicted molar refractivity (Wildman–Crippen MR) is 170 cm³/mol. The SMILES string of the molecule is O=C(CN(Cc1ccc(F)cc1)S(=O)(=O)c1ccc(Cl)cc1)Nc1ccc(N2CCN(C(=O)NC3CCCCC3)CC2)cc1. The average Bonchev–Trinajstić information content (AvgIpc) is 3.03. The molecule has 0 unspecified atom stereocenters. The number of hydrogen-bond donors (Lipinski definition) is 2. The number of benzene rings is 3. The minimum Gasteiger partial charge on any atom is -0.368 e. The molecular formula is C32H37ClFN5O4S. The third kappa shape index (κ3) is 8.28. The van der Waals surface area contributed by atoms with Gasteiger partial charge in [-0.3, -0.25) is 4.79 Å². The van der Waals surface area contributed by atoms with Crippen LogP contribution in [0.15, 0.2) is 77.7 Å². The minimum atomic E-state index is -4.07. The van der Waals surface area contributed by atoms with E-state index in [2.05, 4.69) is 15.5 Å².